The van der Waals surface area contributed by atoms with Gasteiger partial charge < -0.3 is 5.73 Å². The quantitative estimate of drug-likeness (QED) is 0.597. The molecule has 0 spiro atoms. The van der Waals surface area contributed by atoms with Crippen molar-refractivity contribution in [3.8, 4) is 0 Å². The second-order valence-corrected chi connectivity index (χ2v) is 6.29. The van der Waals surface area contributed by atoms with E-state index in [0.717, 1.165) is 24.1 Å². The standard InChI is InChI=1S/C10H20N4O2S/c1-8(6-11)17(15,16)13-5-3-4-10-7-12-14-9(10)2/h7-8,13H,3-6,11H2,1-2H3,(H,12,14). The maximum atomic E-state index is 11.6. The Morgan fingerprint density at radius 1 is 1.59 bits per heavy atom. The number of nitrogens with zero attached hydrogens (tertiary/aromatic N) is 1. The fourth-order valence-corrected chi connectivity index (χ4v) is 2.36. The van der Waals surface area contributed by atoms with Crippen LogP contribution in [-0.2, 0) is 16.4 Å². The second-order valence-electron chi connectivity index (χ2n) is 4.11. The van der Waals surface area contributed by atoms with Gasteiger partial charge in [-0.1, -0.05) is 0 Å². The lowest BCUT2D eigenvalue weighted by Gasteiger charge is -2.11. The molecule has 98 valence electrons. The molecule has 0 saturated heterocycles. The first-order valence-corrected chi connectivity index (χ1v) is 7.19. The Balaban J connectivity index is 2.32. The molecular formula is C10H20N4O2S. The van der Waals surface area contributed by atoms with E-state index >= 15 is 0 Å². The fraction of sp³-hybridized carbons (Fsp3) is 0.700. The average Bonchev–Trinajstić information content (AvgIpc) is 2.69. The number of sulfonamides is 1. The predicted molar refractivity (Wildman–Crippen MR) is 67.1 cm³/mol. The molecule has 17 heavy (non-hydrogen) atoms. The molecule has 7 heteroatoms. The monoisotopic (exact) mass is 260 g/mol. The van der Waals surface area contributed by atoms with Crippen LogP contribution in [-0.4, -0.2) is 37.0 Å². The summed E-state index contributed by atoms with van der Waals surface area (Å²) in [5, 5.41) is 6.22. The van der Waals surface area contributed by atoms with Gasteiger partial charge in [0.25, 0.3) is 0 Å². The van der Waals surface area contributed by atoms with Crippen molar-refractivity contribution in [2.24, 2.45) is 5.73 Å². The summed E-state index contributed by atoms with van der Waals surface area (Å²) < 4.78 is 25.7. The third kappa shape index (κ3) is 4.10. The summed E-state index contributed by atoms with van der Waals surface area (Å²) >= 11 is 0. The summed E-state index contributed by atoms with van der Waals surface area (Å²) in [6.45, 7) is 4.11. The Morgan fingerprint density at radius 2 is 2.29 bits per heavy atom. The highest BCUT2D eigenvalue weighted by atomic mass is 32.2. The van der Waals surface area contributed by atoms with Gasteiger partial charge in [0.2, 0.25) is 10.0 Å². The smallest absolute Gasteiger partial charge is 0.215 e. The van der Waals surface area contributed by atoms with Gasteiger partial charge in [0.05, 0.1) is 11.4 Å². The minimum Gasteiger partial charge on any atom is -0.329 e. The van der Waals surface area contributed by atoms with E-state index in [1.54, 1.807) is 13.1 Å². The molecule has 1 unspecified atom stereocenters. The van der Waals surface area contributed by atoms with Crippen LogP contribution in [0.2, 0.25) is 0 Å². The summed E-state index contributed by atoms with van der Waals surface area (Å²) in [7, 11) is -3.26. The molecule has 1 heterocycles. The molecule has 0 aliphatic heterocycles. The van der Waals surface area contributed by atoms with Crippen molar-refractivity contribution in [2.45, 2.75) is 31.9 Å². The van der Waals surface area contributed by atoms with Gasteiger partial charge in [-0.3, -0.25) is 5.10 Å². The summed E-state index contributed by atoms with van der Waals surface area (Å²) in [6, 6.07) is 0. The second kappa shape index (κ2) is 6.13. The van der Waals surface area contributed by atoms with Crippen LogP contribution in [0.5, 0.6) is 0 Å². The lowest BCUT2D eigenvalue weighted by Crippen LogP contribution is -2.37. The van der Waals surface area contributed by atoms with Crippen LogP contribution in [0.1, 0.15) is 24.6 Å². The van der Waals surface area contributed by atoms with Gasteiger partial charge in [-0.2, -0.15) is 5.10 Å². The Morgan fingerprint density at radius 3 is 2.82 bits per heavy atom. The lowest BCUT2D eigenvalue weighted by atomic mass is 10.1. The number of aryl methyl sites for hydroxylation is 2. The number of aromatic nitrogens is 2. The maximum absolute atomic E-state index is 11.6. The highest BCUT2D eigenvalue weighted by Gasteiger charge is 2.17. The van der Waals surface area contributed by atoms with Gasteiger partial charge in [-0.25, -0.2) is 13.1 Å². The normalized spacial score (nSPS) is 13.8. The Labute approximate surface area is 102 Å². The minimum absolute atomic E-state index is 0.135. The molecule has 0 aromatic carbocycles. The van der Waals surface area contributed by atoms with Gasteiger partial charge in [0.1, 0.15) is 0 Å². The zero-order chi connectivity index (χ0) is 12.9. The van der Waals surface area contributed by atoms with Gasteiger partial charge in [0.15, 0.2) is 0 Å². The third-order valence-corrected chi connectivity index (χ3v) is 4.58. The number of H-pyrrole nitrogens is 1. The van der Waals surface area contributed by atoms with Crippen molar-refractivity contribution in [2.75, 3.05) is 13.1 Å². The maximum Gasteiger partial charge on any atom is 0.215 e. The minimum atomic E-state index is -3.26. The molecule has 0 bridgehead atoms. The molecule has 1 atom stereocenters. The van der Waals surface area contributed by atoms with Gasteiger partial charge in [-0.15, -0.1) is 0 Å². The van der Waals surface area contributed by atoms with Crippen LogP contribution in [0.15, 0.2) is 6.20 Å². The SMILES string of the molecule is Cc1[nH]ncc1CCCNS(=O)(=O)C(C)CN. The van der Waals surface area contributed by atoms with Crippen LogP contribution in [0.25, 0.3) is 0 Å². The number of hydrogen-bond acceptors (Lipinski definition) is 4. The molecule has 0 aliphatic carbocycles. The van der Waals surface area contributed by atoms with Crippen molar-refractivity contribution in [3.63, 3.8) is 0 Å². The van der Waals surface area contributed by atoms with Crippen molar-refractivity contribution >= 4 is 10.0 Å². The first kappa shape index (κ1) is 14.1. The molecule has 0 amide bonds. The number of nitrogens with one attached hydrogen (secondary N) is 2. The summed E-state index contributed by atoms with van der Waals surface area (Å²) in [5.74, 6) is 0. The molecule has 4 N–H and O–H groups in total. The molecule has 1 aromatic heterocycles. The van der Waals surface area contributed by atoms with Crippen LogP contribution in [0, 0.1) is 6.92 Å². The molecule has 1 aromatic rings. The average molecular weight is 260 g/mol. The van der Waals surface area contributed by atoms with Crippen LogP contribution in [0.4, 0.5) is 0 Å². The largest absolute Gasteiger partial charge is 0.329 e. The first-order valence-electron chi connectivity index (χ1n) is 5.64. The highest BCUT2D eigenvalue weighted by Crippen LogP contribution is 2.05. The Hall–Kier alpha value is -0.920. The third-order valence-electron chi connectivity index (χ3n) is 2.72. The first-order chi connectivity index (χ1) is 7.97. The predicted octanol–water partition coefficient (Wildman–Crippen LogP) is -0.0827. The van der Waals surface area contributed by atoms with E-state index in [1.807, 2.05) is 6.92 Å². The van der Waals surface area contributed by atoms with Crippen molar-refractivity contribution in [1.29, 1.82) is 0 Å². The molecule has 0 saturated carbocycles. The van der Waals surface area contributed by atoms with Crippen LogP contribution >= 0.6 is 0 Å². The van der Waals surface area contributed by atoms with E-state index in [4.69, 9.17) is 5.73 Å². The zero-order valence-corrected chi connectivity index (χ0v) is 11.0. The van der Waals surface area contributed by atoms with E-state index in [2.05, 4.69) is 14.9 Å². The van der Waals surface area contributed by atoms with E-state index in [-0.39, 0.29) is 6.54 Å². The number of rotatable bonds is 7. The topological polar surface area (TPSA) is 101 Å². The number of nitrogens with two attached hydrogens (primary N) is 1. The van der Waals surface area contributed by atoms with E-state index in [0.29, 0.717) is 6.54 Å². The van der Waals surface area contributed by atoms with Gasteiger partial charge in [0, 0.05) is 18.8 Å². The van der Waals surface area contributed by atoms with Crippen molar-refractivity contribution in [1.82, 2.24) is 14.9 Å². The molecule has 0 fully saturated rings. The van der Waals surface area contributed by atoms with Crippen molar-refractivity contribution < 1.29 is 8.42 Å². The van der Waals surface area contributed by atoms with Crippen molar-refractivity contribution in [3.05, 3.63) is 17.5 Å². The lowest BCUT2D eigenvalue weighted by molar-refractivity contribution is 0.566. The molecular weight excluding hydrogens is 240 g/mol. The highest BCUT2D eigenvalue weighted by molar-refractivity contribution is 7.90. The van der Waals surface area contributed by atoms with E-state index in [9.17, 15) is 8.42 Å². The van der Waals surface area contributed by atoms with Crippen LogP contribution < -0.4 is 10.5 Å². The summed E-state index contributed by atoms with van der Waals surface area (Å²) in [4.78, 5) is 0. The summed E-state index contributed by atoms with van der Waals surface area (Å²) in [5.41, 5.74) is 7.48. The van der Waals surface area contributed by atoms with Gasteiger partial charge in [-0.05, 0) is 32.3 Å². The Bertz CT molecular complexity index is 441. The van der Waals surface area contributed by atoms with E-state index < -0.39 is 15.3 Å². The fourth-order valence-electron chi connectivity index (χ4n) is 1.39. The molecule has 1 rings (SSSR count). The van der Waals surface area contributed by atoms with Crippen LogP contribution in [0.3, 0.4) is 0 Å². The molecule has 0 aliphatic rings. The summed E-state index contributed by atoms with van der Waals surface area (Å²) in [6.07, 6.45) is 3.32. The zero-order valence-electron chi connectivity index (χ0n) is 10.2. The van der Waals surface area contributed by atoms with E-state index in [1.165, 1.54) is 0 Å². The molecule has 6 nitrogen and oxygen atoms in total. The Kier molecular flexibility index (Phi) is 5.10. The van der Waals surface area contributed by atoms with Gasteiger partial charge >= 0.3 is 0 Å². The molecule has 0 radical (unpaired) electrons. The number of hydrogen-bond donors (Lipinski definition) is 3. The number of aromatic amines is 1.